The number of rotatable bonds is 74. The van der Waals surface area contributed by atoms with Gasteiger partial charge in [0.15, 0.2) is 0 Å². The number of aliphatic hydroxyl groups excluding tert-OH is 1. The summed E-state index contributed by atoms with van der Waals surface area (Å²) in [6.45, 7) is 14.6. The summed E-state index contributed by atoms with van der Waals surface area (Å²) in [6.07, 6.45) is 33.1. The molecule has 0 radical (unpaired) electrons. The van der Waals surface area contributed by atoms with E-state index in [9.17, 15) is 85.6 Å². The van der Waals surface area contributed by atoms with Gasteiger partial charge in [-0.2, -0.15) is 0 Å². The second-order valence-corrected chi connectivity index (χ2v) is 42.2. The molecule has 1 rings (SSSR count). The summed E-state index contributed by atoms with van der Waals surface area (Å²) in [5.41, 5.74) is 0. The van der Waals surface area contributed by atoms with Gasteiger partial charge in [-0.05, 0) is 70.1 Å². The second kappa shape index (κ2) is 78.0. The Morgan fingerprint density at radius 3 is 0.728 bits per heavy atom. The molecule has 10 unspecified atom stereocenters. The maximum Gasteiger partial charge on any atom is 0.324 e. The fourth-order valence-electron chi connectivity index (χ4n) is 10.2. The highest BCUT2D eigenvalue weighted by molar-refractivity contribution is 7.50. The van der Waals surface area contributed by atoms with Crippen LogP contribution in [-0.2, 0) is 116 Å². The number of aliphatic carboxylic acids is 3. The highest BCUT2D eigenvalue weighted by atomic mass is 31.2. The molecule has 1 saturated heterocycles. The number of aliphatic hydroxyl groups is 1. The number of carbonyl (C=O) groups excluding carboxylic acids is 5. The molecule has 1 aliphatic rings. The van der Waals surface area contributed by atoms with Gasteiger partial charge in [-0.25, -0.2) is 0 Å². The Labute approximate surface area is 748 Å². The first-order valence-corrected chi connectivity index (χ1v) is 53.1. The number of carbonyl (C=O) groups is 8. The van der Waals surface area contributed by atoms with Gasteiger partial charge in [0.1, 0.15) is 79.4 Å². The summed E-state index contributed by atoms with van der Waals surface area (Å²) in [4.78, 5) is 142. The molecule has 0 bridgehead atoms. The van der Waals surface area contributed by atoms with Crippen molar-refractivity contribution in [2.45, 2.75) is 336 Å². The van der Waals surface area contributed by atoms with E-state index in [0.29, 0.717) is 78.0 Å². The second-order valence-electron chi connectivity index (χ2n) is 34.4. The van der Waals surface area contributed by atoms with Crippen LogP contribution in [0.25, 0.3) is 0 Å². The number of unbranched alkanes of at least 4 members (excludes halogenated alkanes) is 27. The molecule has 0 aromatic rings. The van der Waals surface area contributed by atoms with Crippen LogP contribution in [0.2, 0.25) is 0 Å². The molecule has 42 heteroatoms. The summed E-state index contributed by atoms with van der Waals surface area (Å²) in [5.74, 6) is -3.70. The largest absolute Gasteiger partial charge is 0.779 e. The number of quaternary nitrogens is 3. The minimum absolute atomic E-state index is 0.0278. The minimum atomic E-state index is -4.42. The van der Waals surface area contributed by atoms with Crippen molar-refractivity contribution in [2.75, 3.05) is 149 Å². The van der Waals surface area contributed by atoms with Crippen LogP contribution in [0, 0.1) is 5.92 Å². The van der Waals surface area contributed by atoms with Gasteiger partial charge in [0.2, 0.25) is 0 Å². The molecule has 1 fully saturated rings. The number of carboxylic acid groups (broad SMARTS) is 3. The Morgan fingerprint density at radius 1 is 0.336 bits per heavy atom. The van der Waals surface area contributed by atoms with Gasteiger partial charge in [-0.15, -0.1) is 0 Å². The predicted molar refractivity (Wildman–Crippen MR) is 467 cm³/mol. The van der Waals surface area contributed by atoms with Gasteiger partial charge in [0, 0.05) is 51.9 Å². The number of hydrogen-bond acceptors (Lipinski definition) is 31. The summed E-state index contributed by atoms with van der Waals surface area (Å²) < 4.78 is 116. The molecule has 0 saturated carbocycles. The first kappa shape index (κ1) is 130. The highest BCUT2D eigenvalue weighted by Crippen LogP contribution is 2.41. The van der Waals surface area contributed by atoms with Gasteiger partial charge < -0.3 is 123 Å². The normalized spacial score (nSPS) is 15.7. The zero-order valence-corrected chi connectivity index (χ0v) is 83.4. The van der Waals surface area contributed by atoms with Crippen LogP contribution >= 0.6 is 38.7 Å². The molecule has 744 valence electrons. The number of likely N-dealkylation sites (N-methyl/N-ethyl adjacent to an activating group) is 3. The Morgan fingerprint density at radius 2 is 0.544 bits per heavy atom. The van der Waals surface area contributed by atoms with E-state index in [0.717, 1.165) is 187 Å². The van der Waals surface area contributed by atoms with Crippen LogP contribution in [0.15, 0.2) is 0 Å². The van der Waals surface area contributed by atoms with Crippen LogP contribution in [0.1, 0.15) is 311 Å². The topological polar surface area (TPSA) is 529 Å². The number of esters is 5. The zero-order chi connectivity index (χ0) is 96.5. The molecular formula is C83H166N3O34P5-2. The Bertz CT molecular complexity index is 2880. The third-order valence-electron chi connectivity index (χ3n) is 18.4. The van der Waals surface area contributed by atoms with E-state index in [1.165, 1.54) is 25.7 Å². The molecule has 0 aliphatic carbocycles. The van der Waals surface area contributed by atoms with Crippen molar-refractivity contribution in [3.05, 3.63) is 0 Å². The quantitative estimate of drug-likeness (QED) is 0.0110. The van der Waals surface area contributed by atoms with Crippen LogP contribution in [0.4, 0.5) is 0 Å². The van der Waals surface area contributed by atoms with E-state index in [4.69, 9.17) is 61.8 Å². The number of ether oxygens (including phenoxy) is 4. The van der Waals surface area contributed by atoms with Crippen molar-refractivity contribution in [3.63, 3.8) is 0 Å². The highest BCUT2D eigenvalue weighted by Gasteiger charge is 2.25. The number of nitrogens with zero attached hydrogens (tertiary/aromatic N) is 3. The number of carboxylic acids is 3. The fourth-order valence-corrected chi connectivity index (χ4v) is 13.3. The third-order valence-corrected chi connectivity index (χ3v) is 22.5. The average Bonchev–Trinajstić information content (AvgIpc) is 0.921. The third kappa shape index (κ3) is 107. The summed E-state index contributed by atoms with van der Waals surface area (Å²) in [7, 11) is -2.87. The Balaban J connectivity index is -0.000000482. The van der Waals surface area contributed by atoms with E-state index in [1.54, 1.807) is 13.8 Å². The lowest BCUT2D eigenvalue weighted by Gasteiger charge is -2.28. The van der Waals surface area contributed by atoms with Crippen molar-refractivity contribution in [3.8, 4) is 0 Å². The Hall–Kier alpha value is -3.57. The van der Waals surface area contributed by atoms with Crippen molar-refractivity contribution in [1.29, 1.82) is 0 Å². The van der Waals surface area contributed by atoms with Crippen molar-refractivity contribution >= 4 is 86.4 Å². The SMILES string of the molecule is CCC(C)COP(=O)([O-])OCC[N+](C)(C)C.CCC(COP(=O)([O-])OCC[N+](C)(C)C)OC(=O)CCCCCCCCCCCCC(=O)O.CCC(COP(C)(=O)[O-])OC(=O)CCCCCCCCCCCCC(=O)O.CCC(COP(C)(=O)[O-])OC(=O)CCCCCCCCCCCCC(=O)O.CCC(O)COP(=O)([O-])OCC[N+](C)(C)C.O=C1CC(=O)O1. The van der Waals surface area contributed by atoms with Gasteiger partial charge >= 0.3 is 47.8 Å². The molecular weight excluding hydrogens is 1740 g/mol. The van der Waals surface area contributed by atoms with Gasteiger partial charge in [-0.1, -0.05) is 202 Å². The summed E-state index contributed by atoms with van der Waals surface area (Å²) in [5, 5.41) is 34.8. The first-order valence-electron chi connectivity index (χ1n) is 44.8. The van der Waals surface area contributed by atoms with Gasteiger partial charge in [-0.3, -0.25) is 52.1 Å². The molecule has 0 aromatic carbocycles. The monoisotopic (exact) mass is 1900 g/mol. The van der Waals surface area contributed by atoms with Crippen LogP contribution in [0.3, 0.4) is 0 Å². The first-order chi connectivity index (χ1) is 58.0. The number of phosphoric ester groups is 3. The molecule has 0 aromatic heterocycles. The Kier molecular flexibility index (Phi) is 81.0. The van der Waals surface area contributed by atoms with Crippen molar-refractivity contribution in [1.82, 2.24) is 0 Å². The predicted octanol–water partition coefficient (Wildman–Crippen LogP) is 13.5. The minimum Gasteiger partial charge on any atom is -0.779 e. The molecule has 1 heterocycles. The van der Waals surface area contributed by atoms with E-state index in [1.807, 2.05) is 91.1 Å². The number of cyclic esters (lactones) is 2. The van der Waals surface area contributed by atoms with E-state index in [-0.39, 0.29) is 102 Å². The zero-order valence-electron chi connectivity index (χ0n) is 79.0. The molecule has 0 spiro atoms. The fraction of sp³-hybridized carbons (Fsp3) is 0.904. The molecule has 0 amide bonds. The van der Waals surface area contributed by atoms with Crippen molar-refractivity contribution in [2.24, 2.45) is 5.92 Å². The maximum atomic E-state index is 12.0. The molecule has 4 N–H and O–H groups in total. The smallest absolute Gasteiger partial charge is 0.324 e. The van der Waals surface area contributed by atoms with Crippen LogP contribution in [-0.4, -0.2) is 255 Å². The number of phosphoric acid groups is 3. The summed E-state index contributed by atoms with van der Waals surface area (Å²) >= 11 is 0. The van der Waals surface area contributed by atoms with Crippen LogP contribution < -0.4 is 24.5 Å². The molecule has 125 heavy (non-hydrogen) atoms. The van der Waals surface area contributed by atoms with Crippen LogP contribution in [0.5, 0.6) is 0 Å². The van der Waals surface area contributed by atoms with Gasteiger partial charge in [0.05, 0.1) is 103 Å². The number of hydrogen-bond donors (Lipinski definition) is 4. The van der Waals surface area contributed by atoms with E-state index < -0.39 is 92.9 Å². The molecule has 1 aliphatic heterocycles. The lowest BCUT2D eigenvalue weighted by atomic mass is 10.1. The average molecular weight is 1910 g/mol. The maximum absolute atomic E-state index is 12.0. The molecule has 37 nitrogen and oxygen atoms in total. The standard InChI is InChI=1S/C23H46NO8P.2C19H37O7P.C10H24NO4P.C9H22NO5P.C3H2O3/c1-5-21(20-31-33(28,29)30-19-18-24(2,3)4)32-23(27)17-15-13-11-9-7-6-8-10-12-14-16-22(25)26;2*1-3-17(16-25-27(2,23)24)26-19(22)15-13-11-9-7-5-4-6-8-10-12-14-18(20)21;1-6-10(2)9-15-16(12,13)14-8-7-11(3,4)5;1-5-9(11)8-15-16(12,13)14-7-6-10(2,3)4;4-2-1-3(5)6-2/h21H,5-20H2,1-4H3,(H-,25,26,28,29);2*17H,3-16H2,1-2H3,(H,20,21)(H,23,24);10H,6-9H2,1-5H3;9,11H,5-8H2,1-4H3;1H2/p-2. The molecule has 10 atom stereocenters. The lowest BCUT2D eigenvalue weighted by Crippen LogP contribution is -2.37. The lowest BCUT2D eigenvalue weighted by molar-refractivity contribution is -0.870. The van der Waals surface area contributed by atoms with E-state index >= 15 is 0 Å². The van der Waals surface area contributed by atoms with E-state index in [2.05, 4.69) is 13.8 Å². The summed E-state index contributed by atoms with van der Waals surface area (Å²) in [6, 6.07) is 0. The van der Waals surface area contributed by atoms with Gasteiger partial charge in [0.25, 0.3) is 23.5 Å². The van der Waals surface area contributed by atoms with Crippen molar-refractivity contribution < 1.29 is 175 Å².